The Balaban J connectivity index is 1.56. The van der Waals surface area contributed by atoms with E-state index >= 15 is 0 Å². The zero-order valence-corrected chi connectivity index (χ0v) is 48.8. The molecule has 0 spiro atoms. The maximum absolute atomic E-state index is 14.3. The molecule has 0 radical (unpaired) electrons. The first-order chi connectivity index (χ1) is 38.4. The first-order valence-corrected chi connectivity index (χ1v) is 29.2. The Labute approximate surface area is 475 Å². The summed E-state index contributed by atoms with van der Waals surface area (Å²) in [4.78, 5) is 120. The van der Waals surface area contributed by atoms with Crippen molar-refractivity contribution in [2.24, 2.45) is 11.8 Å². The van der Waals surface area contributed by atoms with Crippen LogP contribution in [-0.4, -0.2) is 161 Å². The minimum absolute atomic E-state index is 0.0269. The molecular weight excluding hydrogens is 1100 g/mol. The number of likely N-dealkylation sites (tertiary alicyclic amines) is 1. The summed E-state index contributed by atoms with van der Waals surface area (Å²) in [5.41, 5.74) is 4.90. The number of piperidine rings is 1. The van der Waals surface area contributed by atoms with Gasteiger partial charge < -0.3 is 50.4 Å². The number of phenolic OH excluding ortho intramolecular Hbond substituents is 1. The van der Waals surface area contributed by atoms with Crippen LogP contribution in [0.2, 0.25) is 0 Å². The smallest absolute Gasteiger partial charge is 0.328 e. The second-order valence-electron chi connectivity index (χ2n) is 19.6. The van der Waals surface area contributed by atoms with Gasteiger partial charge >= 0.3 is 25.5 Å². The molecule has 450 valence electrons. The van der Waals surface area contributed by atoms with E-state index in [1.54, 1.807) is 29.5 Å². The number of anilines is 1. The molecule has 2 aromatic rings. The predicted molar refractivity (Wildman–Crippen MR) is 299 cm³/mol. The summed E-state index contributed by atoms with van der Waals surface area (Å²) in [5.74, 6) is -7.19. The van der Waals surface area contributed by atoms with E-state index in [1.165, 1.54) is 13.0 Å². The van der Waals surface area contributed by atoms with Gasteiger partial charge in [0.2, 0.25) is 17.7 Å². The third-order valence-corrected chi connectivity index (χ3v) is 15.4. The van der Waals surface area contributed by atoms with Gasteiger partial charge in [0, 0.05) is 68.7 Å². The van der Waals surface area contributed by atoms with Gasteiger partial charge in [-0.3, -0.25) is 53.9 Å². The summed E-state index contributed by atoms with van der Waals surface area (Å²) < 4.78 is 30.0. The number of hydrogen-bond acceptors (Lipinski definition) is 17. The summed E-state index contributed by atoms with van der Waals surface area (Å²) in [5, 5.41) is 45.5. The molecule has 81 heavy (non-hydrogen) atoms. The summed E-state index contributed by atoms with van der Waals surface area (Å²) in [6.45, 7) is 11.7. The van der Waals surface area contributed by atoms with Crippen LogP contribution in [-0.2, 0) is 63.6 Å². The number of aromatic nitrogens is 1. The van der Waals surface area contributed by atoms with Crippen LogP contribution < -0.4 is 42.3 Å². The zero-order valence-electron chi connectivity index (χ0n) is 47.1. The number of esters is 1. The number of hydrogen-bond donors (Lipinski definition) is 11. The normalized spacial score (nSPS) is 15.7. The first kappa shape index (κ1) is 68.6. The molecule has 29 heteroatoms. The van der Waals surface area contributed by atoms with Gasteiger partial charge in [-0.05, 0) is 68.8 Å². The molecule has 1 aliphatic rings. The molecular formula is C52H80N11O16PS. The van der Waals surface area contributed by atoms with Crippen LogP contribution in [0.1, 0.15) is 120 Å². The fourth-order valence-corrected chi connectivity index (χ4v) is 10.4. The number of hydrazine groups is 2. The number of nitrogens with zero attached hydrogens (tertiary/aromatic N) is 3. The molecule has 11 N–H and O–H groups in total. The Hall–Kier alpha value is -6.65. The van der Waals surface area contributed by atoms with Gasteiger partial charge in [0.25, 0.3) is 17.7 Å². The summed E-state index contributed by atoms with van der Waals surface area (Å²) in [6, 6.07) is 2.80. The number of phenols is 1. The highest BCUT2D eigenvalue weighted by atomic mass is 32.1. The molecule has 0 saturated carbocycles. The second kappa shape index (κ2) is 35.3. The first-order valence-electron chi connectivity index (χ1n) is 26.7. The molecule has 0 aliphatic carbocycles. The van der Waals surface area contributed by atoms with Crippen LogP contribution in [0.3, 0.4) is 0 Å². The maximum atomic E-state index is 14.3. The van der Waals surface area contributed by atoms with Gasteiger partial charge in [-0.15, -0.1) is 11.3 Å². The lowest BCUT2D eigenvalue weighted by Gasteiger charge is -2.38. The van der Waals surface area contributed by atoms with E-state index in [0.29, 0.717) is 60.6 Å². The van der Waals surface area contributed by atoms with Crippen molar-refractivity contribution in [3.63, 3.8) is 0 Å². The Morgan fingerprint density at radius 1 is 0.901 bits per heavy atom. The fourth-order valence-electron chi connectivity index (χ4n) is 8.41. The van der Waals surface area contributed by atoms with Crippen molar-refractivity contribution < 1.29 is 77.2 Å². The van der Waals surface area contributed by atoms with Crippen LogP contribution in [0.15, 0.2) is 47.9 Å². The number of ether oxygens (including phenoxy) is 3. The number of carboxylic acids is 2. The lowest BCUT2D eigenvalue weighted by molar-refractivity contribution is -0.149. The number of carbonyl (C=O) groups excluding carboxylic acids is 7. The zero-order chi connectivity index (χ0) is 60.2. The topological polar surface area (TPSA) is 375 Å². The van der Waals surface area contributed by atoms with Crippen LogP contribution in [0, 0.1) is 11.8 Å². The van der Waals surface area contributed by atoms with Gasteiger partial charge in [0.15, 0.2) is 6.10 Å². The molecule has 27 nitrogen and oxygen atoms in total. The number of aromatic hydroxyl groups is 1. The van der Waals surface area contributed by atoms with E-state index < -0.39 is 67.3 Å². The van der Waals surface area contributed by atoms with Crippen molar-refractivity contribution in [3.8, 4) is 5.75 Å². The van der Waals surface area contributed by atoms with Crippen molar-refractivity contribution in [3.05, 3.63) is 64.1 Å². The number of carbonyl (C=O) groups is 9. The number of nitrogens with one attached hydrogen (secondary N) is 8. The van der Waals surface area contributed by atoms with Crippen molar-refractivity contribution in [2.75, 3.05) is 58.9 Å². The lowest BCUT2D eigenvalue weighted by Crippen LogP contribution is -2.58. The molecule has 1 aromatic heterocycles. The van der Waals surface area contributed by atoms with Gasteiger partial charge in [-0.1, -0.05) is 59.9 Å². The molecule has 0 unspecified atom stereocenters. The molecule has 0 bridgehead atoms. The summed E-state index contributed by atoms with van der Waals surface area (Å²) >= 11 is 1.16. The third-order valence-electron chi connectivity index (χ3n) is 12.9. The monoisotopic (exact) mass is 1180 g/mol. The molecule has 1 fully saturated rings. The molecule has 6 atom stereocenters. The molecule has 1 aromatic carbocycles. The molecule has 1 aliphatic heterocycles. The highest BCUT2D eigenvalue weighted by Gasteiger charge is 2.37. The predicted octanol–water partition coefficient (Wildman–Crippen LogP) is 3.07. The Kier molecular flexibility index (Phi) is 29.9. The number of rotatable bonds is 36. The highest BCUT2D eigenvalue weighted by Crippen LogP contribution is 2.32. The van der Waals surface area contributed by atoms with Crippen LogP contribution in [0.5, 0.6) is 5.75 Å². The van der Waals surface area contributed by atoms with E-state index in [1.807, 2.05) is 57.4 Å². The SMILES string of the molecule is CCC[C@H](Cc1ccc(O)c(NC(=O)CCOCCOCCNP(=O)(NNC(=O)/C=C\C(=O)O)NNC(=O)/C=C\C(=O)O)c1)NC(=O)c1csc([C@@H](C[C@H](C(C)C)N(C)C(=O)[C@@H](NC(=O)[C@H]2CCCCN2C)[C@@H](C)CC)OC(C)=O)n1. The van der Waals surface area contributed by atoms with Crippen molar-refractivity contribution in [1.82, 2.24) is 51.7 Å². The number of carboxylic acid groups (broad SMARTS) is 2. The number of aliphatic carboxylic acids is 2. The number of benzene rings is 1. The minimum Gasteiger partial charge on any atom is -0.506 e. The quantitative estimate of drug-likeness (QED) is 0.0117. The Morgan fingerprint density at radius 2 is 1.54 bits per heavy atom. The molecule has 1 saturated heterocycles. The number of likely N-dealkylation sites (N-methyl/N-ethyl adjacent to an activating group) is 2. The lowest BCUT2D eigenvalue weighted by atomic mass is 9.92. The van der Waals surface area contributed by atoms with E-state index in [0.717, 1.165) is 37.1 Å². The van der Waals surface area contributed by atoms with Crippen molar-refractivity contribution in [2.45, 2.75) is 130 Å². The fraction of sp³-hybridized carbons (Fsp3) is 0.577. The standard InChI is InChI=1S/C52H80N11O16PS/c1-9-13-36(54-49(73)38-31-81-51(56-38)42(79-34(6)64)30-40(32(3)4)63(8)52(75)48(33(5)10-2)57-50(74)39-14-11-12-23-62(39)7)28-35-15-16-41(65)37(29-35)55-43(66)21-24-77-26-27-78-25-22-53-80(76,60-58-44(67)17-19-46(69)70)61-59-45(68)18-20-47(71)72/h15-20,29,31-33,36,39-40,42,48,65H,9-14,21-28,30H2,1-8H3,(H,54,73)(H,55,66)(H,57,74)(H,58,67)(H,59,68)(H,69,70)(H,71,72)(H3,53,60,61,76)/b19-17-,20-18-/t33-,36+,39+,40+,42+,48-/m0/s1. The highest BCUT2D eigenvalue weighted by molar-refractivity contribution is 7.57. The van der Waals surface area contributed by atoms with Crippen molar-refractivity contribution in [1.29, 1.82) is 0 Å². The minimum atomic E-state index is -4.08. The Morgan fingerprint density at radius 3 is 2.12 bits per heavy atom. The van der Waals surface area contributed by atoms with E-state index in [-0.39, 0.29) is 98.7 Å². The van der Waals surface area contributed by atoms with E-state index in [4.69, 9.17) is 24.4 Å². The van der Waals surface area contributed by atoms with Gasteiger partial charge in [-0.25, -0.2) is 19.7 Å². The van der Waals surface area contributed by atoms with Crippen LogP contribution >= 0.6 is 18.9 Å². The van der Waals surface area contributed by atoms with Gasteiger partial charge in [-0.2, -0.15) is 10.4 Å². The average molecular weight is 1180 g/mol. The number of amides is 6. The third kappa shape index (κ3) is 24.9. The van der Waals surface area contributed by atoms with Crippen LogP contribution in [0.25, 0.3) is 0 Å². The summed E-state index contributed by atoms with van der Waals surface area (Å²) in [6.07, 6.45) is 6.44. The molecule has 6 amide bonds. The molecule has 2 heterocycles. The van der Waals surface area contributed by atoms with E-state index in [9.17, 15) is 52.8 Å². The van der Waals surface area contributed by atoms with Crippen LogP contribution in [0.4, 0.5) is 5.69 Å². The maximum Gasteiger partial charge on any atom is 0.328 e. The Bertz CT molecular complexity index is 2520. The second-order valence-corrected chi connectivity index (χ2v) is 22.5. The van der Waals surface area contributed by atoms with E-state index in [2.05, 4.69) is 36.4 Å². The largest absolute Gasteiger partial charge is 0.506 e. The van der Waals surface area contributed by atoms with Gasteiger partial charge in [0.1, 0.15) is 22.5 Å². The van der Waals surface area contributed by atoms with Gasteiger partial charge in [0.05, 0.1) is 44.6 Å². The molecule has 3 rings (SSSR count). The summed E-state index contributed by atoms with van der Waals surface area (Å²) in [7, 11) is -0.465. The number of thiazole rings is 1. The van der Waals surface area contributed by atoms with Crippen molar-refractivity contribution >= 4 is 78.0 Å². The average Bonchev–Trinajstić information content (AvgIpc) is 3.94.